The van der Waals surface area contributed by atoms with Crippen LogP contribution in [-0.2, 0) is 6.18 Å². The van der Waals surface area contributed by atoms with Gasteiger partial charge in [-0.3, -0.25) is 4.99 Å². The normalized spacial score (nSPS) is 13.3. The van der Waals surface area contributed by atoms with E-state index in [4.69, 9.17) is 0 Å². The third kappa shape index (κ3) is 7.03. The minimum atomic E-state index is -4.68. The molecule has 32 heavy (non-hydrogen) atoms. The van der Waals surface area contributed by atoms with Gasteiger partial charge >= 0.3 is 12.4 Å². The first-order valence-corrected chi connectivity index (χ1v) is 9.05. The third-order valence-corrected chi connectivity index (χ3v) is 3.56. The van der Waals surface area contributed by atoms with Crippen LogP contribution in [-0.4, -0.2) is 38.9 Å². The molecule has 0 fully saturated rings. The van der Waals surface area contributed by atoms with Crippen molar-refractivity contribution < 1.29 is 26.3 Å². The van der Waals surface area contributed by atoms with E-state index in [2.05, 4.69) is 42.3 Å². The summed E-state index contributed by atoms with van der Waals surface area (Å²) in [6.45, 7) is 7.87. The van der Waals surface area contributed by atoms with Gasteiger partial charge in [-0.05, 0) is 45.7 Å². The van der Waals surface area contributed by atoms with Gasteiger partial charge in [0.05, 0.1) is 5.57 Å². The van der Waals surface area contributed by atoms with Gasteiger partial charge < -0.3 is 10.6 Å². The summed E-state index contributed by atoms with van der Waals surface area (Å²) in [5.41, 5.74) is -2.42. The first-order valence-electron chi connectivity index (χ1n) is 9.05. The average molecular weight is 459 g/mol. The fourth-order valence-corrected chi connectivity index (χ4v) is 2.32. The molecule has 0 saturated heterocycles. The Hall–Kier alpha value is -3.51. The molecule has 0 aliphatic carbocycles. The van der Waals surface area contributed by atoms with Gasteiger partial charge in [-0.1, -0.05) is 6.07 Å². The monoisotopic (exact) mass is 459 g/mol. The molecular weight excluding hydrogens is 440 g/mol. The highest BCUT2D eigenvalue weighted by molar-refractivity contribution is 5.55. The molecule has 2 aromatic heterocycles. The zero-order valence-electron chi connectivity index (χ0n) is 17.2. The van der Waals surface area contributed by atoms with Crippen molar-refractivity contribution in [1.29, 1.82) is 0 Å². The average Bonchev–Trinajstić information content (AvgIpc) is 2.65. The molecule has 0 aliphatic rings. The lowest BCUT2D eigenvalue weighted by molar-refractivity contribution is -0.141. The summed E-state index contributed by atoms with van der Waals surface area (Å²) in [5.74, 6) is -0.401. The van der Waals surface area contributed by atoms with Crippen LogP contribution in [0.4, 0.5) is 38.2 Å². The number of rotatable bonds is 7. The number of anilines is 2. The van der Waals surface area contributed by atoms with Crippen molar-refractivity contribution in [2.75, 3.05) is 10.6 Å². The molecule has 2 heterocycles. The van der Waals surface area contributed by atoms with E-state index < -0.39 is 23.6 Å². The second kappa shape index (κ2) is 9.75. The summed E-state index contributed by atoms with van der Waals surface area (Å²) < 4.78 is 78.2. The molecule has 0 amide bonds. The van der Waals surface area contributed by atoms with E-state index in [0.717, 1.165) is 18.2 Å². The molecule has 0 atom stereocenters. The highest BCUT2D eigenvalue weighted by atomic mass is 19.4. The van der Waals surface area contributed by atoms with Crippen LogP contribution in [0.1, 0.15) is 26.5 Å². The van der Waals surface area contributed by atoms with Crippen molar-refractivity contribution in [3.63, 3.8) is 0 Å². The van der Waals surface area contributed by atoms with Gasteiger partial charge in [-0.15, -0.1) is 0 Å². The molecule has 2 rings (SSSR count). The van der Waals surface area contributed by atoms with Crippen LogP contribution >= 0.6 is 0 Å². The third-order valence-electron chi connectivity index (χ3n) is 3.56. The Bertz CT molecular complexity index is 1030. The predicted octanol–water partition coefficient (Wildman–Crippen LogP) is 5.24. The van der Waals surface area contributed by atoms with Crippen LogP contribution in [0.2, 0.25) is 0 Å². The Morgan fingerprint density at radius 3 is 2.25 bits per heavy atom. The lowest BCUT2D eigenvalue weighted by Crippen LogP contribution is -2.16. The molecule has 0 spiro atoms. The lowest BCUT2D eigenvalue weighted by atomic mass is 10.2. The Morgan fingerprint density at radius 2 is 1.69 bits per heavy atom. The van der Waals surface area contributed by atoms with E-state index in [9.17, 15) is 26.3 Å². The van der Waals surface area contributed by atoms with Crippen molar-refractivity contribution in [2.45, 2.75) is 39.2 Å². The maximum absolute atomic E-state index is 13.1. The minimum Gasteiger partial charge on any atom is -0.352 e. The van der Waals surface area contributed by atoms with Crippen molar-refractivity contribution in [3.8, 4) is 11.5 Å². The number of nitrogens with one attached hydrogen (secondary N) is 2. The number of pyridine rings is 1. The number of aliphatic imine (C=N–C) groups is 1. The van der Waals surface area contributed by atoms with E-state index in [1.165, 1.54) is 13.0 Å². The van der Waals surface area contributed by atoms with E-state index >= 15 is 0 Å². The second-order valence-corrected chi connectivity index (χ2v) is 6.73. The number of allylic oxidation sites excluding steroid dienone is 3. The largest absolute Gasteiger partial charge is 0.433 e. The summed E-state index contributed by atoms with van der Waals surface area (Å²) in [6.07, 6.45) is -8.05. The van der Waals surface area contributed by atoms with E-state index in [0.29, 0.717) is 6.20 Å². The molecule has 7 nitrogen and oxygen atoms in total. The second-order valence-electron chi connectivity index (χ2n) is 6.73. The molecule has 0 saturated carbocycles. The minimum absolute atomic E-state index is 0.00106. The molecule has 13 heteroatoms. The van der Waals surface area contributed by atoms with Gasteiger partial charge in [-0.2, -0.15) is 41.3 Å². The number of nitrogens with zero attached hydrogens (tertiary/aromatic N) is 5. The first-order chi connectivity index (χ1) is 14.8. The van der Waals surface area contributed by atoms with Crippen LogP contribution in [0.5, 0.6) is 0 Å². The van der Waals surface area contributed by atoms with Crippen LogP contribution in [0.25, 0.3) is 11.5 Å². The predicted molar refractivity (Wildman–Crippen MR) is 108 cm³/mol. The maximum atomic E-state index is 13.1. The summed E-state index contributed by atoms with van der Waals surface area (Å²) in [5, 5.41) is 5.45. The van der Waals surface area contributed by atoms with Crippen LogP contribution in [0.15, 0.2) is 46.7 Å². The summed E-state index contributed by atoms with van der Waals surface area (Å²) in [4.78, 5) is 18.8. The summed E-state index contributed by atoms with van der Waals surface area (Å²) in [6, 6.07) is 3.06. The van der Waals surface area contributed by atoms with Crippen LogP contribution < -0.4 is 10.6 Å². The number of alkyl halides is 6. The molecule has 2 aromatic rings. The first kappa shape index (κ1) is 24.8. The fourth-order valence-electron chi connectivity index (χ4n) is 2.32. The molecule has 0 radical (unpaired) electrons. The van der Waals surface area contributed by atoms with Gasteiger partial charge in [-0.25, -0.2) is 4.98 Å². The van der Waals surface area contributed by atoms with Crippen LogP contribution in [0.3, 0.4) is 0 Å². The fraction of sp³-hybridized carbons (Fsp3) is 0.316. The summed E-state index contributed by atoms with van der Waals surface area (Å²) in [7, 11) is 0. The molecule has 0 bridgehead atoms. The summed E-state index contributed by atoms with van der Waals surface area (Å²) >= 11 is 0. The maximum Gasteiger partial charge on any atom is 0.433 e. The van der Waals surface area contributed by atoms with Gasteiger partial charge in [0, 0.05) is 17.9 Å². The Balaban J connectivity index is 2.49. The van der Waals surface area contributed by atoms with Crippen LogP contribution in [0, 0.1) is 0 Å². The highest BCUT2D eigenvalue weighted by Gasteiger charge is 2.33. The number of hydrogen-bond donors (Lipinski definition) is 2. The quantitative estimate of drug-likeness (QED) is 0.335. The SMILES string of the molecule is C=N/C=C(\C=C(/C)Nc1nc(NC(C)C)nc(-c2cccc(C(F)(F)F)n2)n1)C(F)(F)F. The van der Waals surface area contributed by atoms with Gasteiger partial charge in [0.1, 0.15) is 11.4 Å². The molecule has 0 unspecified atom stereocenters. The topological polar surface area (TPSA) is 88.0 Å². The Kier molecular flexibility index (Phi) is 7.54. The van der Waals surface area contributed by atoms with E-state index in [-0.39, 0.29) is 35.2 Å². The van der Waals surface area contributed by atoms with E-state index in [1.54, 1.807) is 13.8 Å². The number of halogens is 6. The number of aromatic nitrogens is 4. The Labute approximate surface area is 179 Å². The van der Waals surface area contributed by atoms with Gasteiger partial charge in [0.2, 0.25) is 11.9 Å². The van der Waals surface area contributed by atoms with Crippen molar-refractivity contribution in [2.24, 2.45) is 4.99 Å². The smallest absolute Gasteiger partial charge is 0.352 e. The number of hydrogen-bond acceptors (Lipinski definition) is 7. The zero-order chi connectivity index (χ0) is 24.1. The molecule has 2 N–H and O–H groups in total. The van der Waals surface area contributed by atoms with Gasteiger partial charge in [0.15, 0.2) is 5.82 Å². The molecular formula is C19H19F6N7. The molecule has 0 aromatic carbocycles. The zero-order valence-corrected chi connectivity index (χ0v) is 17.2. The Morgan fingerprint density at radius 1 is 1.03 bits per heavy atom. The lowest BCUT2D eigenvalue weighted by Gasteiger charge is -2.13. The molecule has 172 valence electrons. The van der Waals surface area contributed by atoms with Crippen molar-refractivity contribution in [3.05, 3.63) is 47.4 Å². The van der Waals surface area contributed by atoms with Crippen molar-refractivity contribution >= 4 is 18.6 Å². The standard InChI is InChI=1S/C19H19F6N7/c1-10(2)27-16-30-15(13-6-5-7-14(29-13)19(23,24)25)31-17(32-16)28-11(3)8-12(9-26-4)18(20,21)22/h5-10H,4H2,1-3H3,(H2,27,28,30,31,32)/b11-8+,12-9+. The molecule has 0 aliphatic heterocycles. The van der Waals surface area contributed by atoms with Gasteiger partial charge in [0.25, 0.3) is 0 Å². The highest BCUT2D eigenvalue weighted by Crippen LogP contribution is 2.30. The van der Waals surface area contributed by atoms with E-state index in [1.807, 2.05) is 0 Å². The van der Waals surface area contributed by atoms with Crippen molar-refractivity contribution in [1.82, 2.24) is 19.9 Å².